The van der Waals surface area contributed by atoms with E-state index < -0.39 is 40.6 Å². The van der Waals surface area contributed by atoms with Gasteiger partial charge in [0, 0.05) is 10.4 Å². The maximum atomic E-state index is 14.2. The molecule has 0 saturated heterocycles. The second-order valence-electron chi connectivity index (χ2n) is 6.80. The monoisotopic (exact) mass is 482 g/mol. The summed E-state index contributed by atoms with van der Waals surface area (Å²) in [6.45, 7) is 1.73. The Morgan fingerprint density at radius 1 is 1.16 bits per heavy atom. The van der Waals surface area contributed by atoms with Crippen LogP contribution in [0, 0.1) is 12.7 Å². The van der Waals surface area contributed by atoms with E-state index in [0.717, 1.165) is 33.8 Å². The van der Waals surface area contributed by atoms with E-state index in [1.807, 2.05) is 0 Å². The number of carbonyl (C=O) groups excluding carboxylic acids is 1. The van der Waals surface area contributed by atoms with Crippen molar-refractivity contribution in [1.29, 1.82) is 0 Å². The van der Waals surface area contributed by atoms with E-state index in [2.05, 4.69) is 5.10 Å². The smallest absolute Gasteiger partial charge is 0.417 e. The number of fused-ring (bicyclic) bond motifs is 1. The van der Waals surface area contributed by atoms with Gasteiger partial charge >= 0.3 is 12.1 Å². The van der Waals surface area contributed by atoms with Crippen molar-refractivity contribution in [1.82, 2.24) is 9.78 Å². The number of hydrogen-bond acceptors (Lipinski definition) is 4. The summed E-state index contributed by atoms with van der Waals surface area (Å²) in [7, 11) is 0. The van der Waals surface area contributed by atoms with Crippen LogP contribution in [0.5, 0.6) is 0 Å². The number of carbonyl (C=O) groups is 2. The van der Waals surface area contributed by atoms with Gasteiger partial charge in [-0.3, -0.25) is 4.79 Å². The van der Waals surface area contributed by atoms with Crippen LogP contribution >= 0.6 is 22.9 Å². The third-order valence-corrected chi connectivity index (χ3v) is 6.04. The minimum atomic E-state index is -4.83. The van der Waals surface area contributed by atoms with Crippen molar-refractivity contribution >= 4 is 45.0 Å². The highest BCUT2D eigenvalue weighted by Crippen LogP contribution is 2.38. The van der Waals surface area contributed by atoms with Crippen molar-refractivity contribution in [3.63, 3.8) is 0 Å². The molecule has 0 fully saturated rings. The van der Waals surface area contributed by atoms with Crippen LogP contribution in [0.25, 0.3) is 21.5 Å². The number of hydrogen-bond donors (Lipinski definition) is 1. The number of carboxylic acid groups (broad SMARTS) is 1. The lowest BCUT2D eigenvalue weighted by molar-refractivity contribution is -0.137. The Hall–Kier alpha value is -3.24. The normalized spacial score (nSPS) is 11.8. The van der Waals surface area contributed by atoms with Gasteiger partial charge in [-0.2, -0.15) is 23.0 Å². The number of alkyl halides is 3. The van der Waals surface area contributed by atoms with E-state index in [-0.39, 0.29) is 21.8 Å². The highest BCUT2D eigenvalue weighted by atomic mass is 35.5. The molecule has 0 aliphatic heterocycles. The summed E-state index contributed by atoms with van der Waals surface area (Å²) in [5, 5.41) is 12.8. The topological polar surface area (TPSA) is 72.2 Å². The number of benzene rings is 2. The molecule has 0 aliphatic carbocycles. The van der Waals surface area contributed by atoms with Crippen LogP contribution in [0.15, 0.2) is 42.5 Å². The number of carboxylic acids is 1. The Bertz CT molecular complexity index is 1410. The second kappa shape index (κ2) is 7.72. The number of aromatic nitrogens is 2. The number of aryl methyl sites for hydroxylation is 1. The van der Waals surface area contributed by atoms with Gasteiger partial charge in [-0.1, -0.05) is 23.7 Å². The third kappa shape index (κ3) is 3.65. The number of aromatic carboxylic acids is 1. The molecule has 0 saturated carbocycles. The highest BCUT2D eigenvalue weighted by Gasteiger charge is 2.37. The summed E-state index contributed by atoms with van der Waals surface area (Å²) in [6, 6.07) is 7.90. The van der Waals surface area contributed by atoms with E-state index in [1.165, 1.54) is 23.5 Å². The van der Waals surface area contributed by atoms with Crippen LogP contribution in [0.1, 0.15) is 31.2 Å². The van der Waals surface area contributed by atoms with Gasteiger partial charge in [-0.05, 0) is 37.3 Å². The molecule has 0 unspecified atom stereocenters. The predicted molar refractivity (Wildman–Crippen MR) is 111 cm³/mol. The summed E-state index contributed by atoms with van der Waals surface area (Å²) in [6.07, 6.45) is -4.83. The molecule has 0 spiro atoms. The van der Waals surface area contributed by atoms with Crippen molar-refractivity contribution < 1.29 is 32.3 Å². The van der Waals surface area contributed by atoms with Gasteiger partial charge in [0.1, 0.15) is 11.5 Å². The van der Waals surface area contributed by atoms with Gasteiger partial charge in [0.2, 0.25) is 0 Å². The zero-order chi connectivity index (χ0) is 23.4. The molecule has 1 N–H and O–H groups in total. The van der Waals surface area contributed by atoms with Gasteiger partial charge in [-0.25, -0.2) is 9.18 Å². The Morgan fingerprint density at radius 2 is 1.88 bits per heavy atom. The fourth-order valence-corrected chi connectivity index (χ4v) is 4.54. The van der Waals surface area contributed by atoms with Gasteiger partial charge in [-0.15, -0.1) is 11.3 Å². The molecule has 2 heterocycles. The summed E-state index contributed by atoms with van der Waals surface area (Å²) in [5.74, 6) is -3.56. The maximum absolute atomic E-state index is 14.2. The van der Waals surface area contributed by atoms with Crippen molar-refractivity contribution in [2.24, 2.45) is 0 Å². The second-order valence-corrected chi connectivity index (χ2v) is 8.46. The van der Waals surface area contributed by atoms with Crippen LogP contribution in [-0.2, 0) is 6.18 Å². The van der Waals surface area contributed by atoms with E-state index >= 15 is 0 Å². The Kier molecular flexibility index (Phi) is 5.30. The molecular formula is C21H11ClF4N2O3S. The highest BCUT2D eigenvalue weighted by molar-refractivity contribution is 7.19. The van der Waals surface area contributed by atoms with Crippen molar-refractivity contribution in [2.45, 2.75) is 13.1 Å². The first-order valence-electron chi connectivity index (χ1n) is 8.92. The van der Waals surface area contributed by atoms with Crippen LogP contribution < -0.4 is 0 Å². The first kappa shape index (κ1) is 22.0. The largest absolute Gasteiger partial charge is 0.478 e. The molecule has 0 amide bonds. The van der Waals surface area contributed by atoms with Crippen molar-refractivity contribution in [3.05, 3.63) is 74.9 Å². The van der Waals surface area contributed by atoms with E-state index in [1.54, 1.807) is 13.0 Å². The van der Waals surface area contributed by atoms with Crippen molar-refractivity contribution in [2.75, 3.05) is 0 Å². The minimum Gasteiger partial charge on any atom is -0.478 e. The van der Waals surface area contributed by atoms with Crippen LogP contribution in [-0.4, -0.2) is 26.8 Å². The van der Waals surface area contributed by atoms with Gasteiger partial charge < -0.3 is 5.11 Å². The molecule has 0 radical (unpaired) electrons. The molecule has 4 aromatic rings. The SMILES string of the molecule is Cc1cc2c(s1)c(-c1ccc(C(=O)O)c(F)c1)nn2C(=O)c1c(Cl)cccc1C(F)(F)F. The predicted octanol–water partition coefficient (Wildman–Crippen LogP) is 6.27. The summed E-state index contributed by atoms with van der Waals surface area (Å²) < 4.78 is 56.0. The Labute approximate surface area is 186 Å². The summed E-state index contributed by atoms with van der Waals surface area (Å²) in [4.78, 5) is 25.0. The average Bonchev–Trinajstić information content (AvgIpc) is 3.23. The van der Waals surface area contributed by atoms with E-state index in [0.29, 0.717) is 4.70 Å². The third-order valence-electron chi connectivity index (χ3n) is 4.68. The van der Waals surface area contributed by atoms with Gasteiger partial charge in [0.25, 0.3) is 5.91 Å². The molecule has 4 rings (SSSR count). The molecule has 0 bridgehead atoms. The summed E-state index contributed by atoms with van der Waals surface area (Å²) >= 11 is 7.17. The molecule has 164 valence electrons. The molecular weight excluding hydrogens is 472 g/mol. The number of halogens is 5. The van der Waals surface area contributed by atoms with Crippen molar-refractivity contribution in [3.8, 4) is 11.3 Å². The number of nitrogens with zero attached hydrogens (tertiary/aromatic N) is 2. The lowest BCUT2D eigenvalue weighted by Gasteiger charge is -2.13. The van der Waals surface area contributed by atoms with Crippen LogP contribution in [0.3, 0.4) is 0 Å². The van der Waals surface area contributed by atoms with E-state index in [9.17, 15) is 27.2 Å². The molecule has 2 aromatic carbocycles. The van der Waals surface area contributed by atoms with Crippen LogP contribution in [0.2, 0.25) is 5.02 Å². The van der Waals surface area contributed by atoms with Crippen LogP contribution in [0.4, 0.5) is 17.6 Å². The zero-order valence-corrected chi connectivity index (χ0v) is 17.6. The first-order valence-corrected chi connectivity index (χ1v) is 10.1. The lowest BCUT2D eigenvalue weighted by Crippen LogP contribution is -2.20. The number of thiophene rings is 1. The molecule has 2 aromatic heterocycles. The number of rotatable bonds is 3. The van der Waals surface area contributed by atoms with E-state index in [4.69, 9.17) is 16.7 Å². The zero-order valence-electron chi connectivity index (χ0n) is 16.0. The molecule has 0 atom stereocenters. The maximum Gasteiger partial charge on any atom is 0.417 e. The quantitative estimate of drug-likeness (QED) is 0.349. The molecule has 32 heavy (non-hydrogen) atoms. The fourth-order valence-electron chi connectivity index (χ4n) is 3.29. The lowest BCUT2D eigenvalue weighted by atomic mass is 10.1. The molecule has 0 aliphatic rings. The first-order chi connectivity index (χ1) is 15.0. The fraction of sp³-hybridized carbons (Fsp3) is 0.0952. The minimum absolute atomic E-state index is 0.128. The van der Waals surface area contributed by atoms with Gasteiger partial charge in [0.15, 0.2) is 0 Å². The Morgan fingerprint density at radius 3 is 2.50 bits per heavy atom. The average molecular weight is 483 g/mol. The standard InChI is InChI=1S/C21H11ClF4N2O3S/c1-9-7-15-18(32-9)17(10-5-6-11(20(30)31)14(23)8-10)27-28(15)19(29)16-12(21(24,25)26)3-2-4-13(16)22/h2-8H,1H3,(H,30,31). The molecule has 11 heteroatoms. The molecule has 5 nitrogen and oxygen atoms in total. The summed E-state index contributed by atoms with van der Waals surface area (Å²) in [5.41, 5.74) is -1.99. The Balaban J connectivity index is 1.93. The van der Waals surface area contributed by atoms with Gasteiger partial charge in [0.05, 0.1) is 31.9 Å².